The molecule has 1 rings (SSSR count). The molecular formula is C13H18N4O4. The fraction of sp³-hybridized carbons (Fsp3) is 0.385. The minimum atomic E-state index is -1.22. The lowest BCUT2D eigenvalue weighted by Crippen LogP contribution is -2.41. The summed E-state index contributed by atoms with van der Waals surface area (Å²) in [6.07, 6.45) is 1.19. The Morgan fingerprint density at radius 1 is 1.38 bits per heavy atom. The van der Waals surface area contributed by atoms with Crippen LogP contribution in [0.15, 0.2) is 18.3 Å². The maximum atomic E-state index is 11.9. The van der Waals surface area contributed by atoms with Crippen LogP contribution < -0.4 is 16.0 Å². The Hall–Kier alpha value is -2.64. The molecule has 0 aliphatic rings. The van der Waals surface area contributed by atoms with E-state index in [-0.39, 0.29) is 18.4 Å². The van der Waals surface area contributed by atoms with Crippen LogP contribution in [-0.2, 0) is 9.59 Å². The van der Waals surface area contributed by atoms with Gasteiger partial charge >= 0.3 is 5.97 Å². The maximum Gasteiger partial charge on any atom is 0.326 e. The number of hydrogen-bond acceptors (Lipinski definition) is 5. The van der Waals surface area contributed by atoms with Crippen molar-refractivity contribution in [3.63, 3.8) is 0 Å². The van der Waals surface area contributed by atoms with Gasteiger partial charge in [-0.1, -0.05) is 0 Å². The number of aliphatic carboxylic acids is 1. The van der Waals surface area contributed by atoms with Gasteiger partial charge in [0, 0.05) is 26.7 Å². The van der Waals surface area contributed by atoms with Crippen molar-refractivity contribution < 1.29 is 19.5 Å². The van der Waals surface area contributed by atoms with Gasteiger partial charge in [0.25, 0.3) is 5.91 Å². The molecule has 8 nitrogen and oxygen atoms in total. The second kappa shape index (κ2) is 7.22. The summed E-state index contributed by atoms with van der Waals surface area (Å²) in [5.74, 6) is -1.73. The molecule has 114 valence electrons. The van der Waals surface area contributed by atoms with Gasteiger partial charge in [-0.25, -0.2) is 9.78 Å². The Bertz CT molecular complexity index is 527. The molecule has 1 atom stereocenters. The van der Waals surface area contributed by atoms with Crippen LogP contribution in [0.25, 0.3) is 0 Å². The molecule has 0 bridgehead atoms. The van der Waals surface area contributed by atoms with Crippen molar-refractivity contribution >= 4 is 23.6 Å². The number of nitrogens with zero attached hydrogens (tertiary/aromatic N) is 2. The normalized spacial score (nSPS) is 11.5. The summed E-state index contributed by atoms with van der Waals surface area (Å²) in [7, 11) is 3.62. The van der Waals surface area contributed by atoms with Gasteiger partial charge in [-0.2, -0.15) is 0 Å². The molecule has 0 radical (unpaired) electrons. The Balaban J connectivity index is 2.72. The van der Waals surface area contributed by atoms with Crippen LogP contribution in [0, 0.1) is 0 Å². The zero-order chi connectivity index (χ0) is 16.0. The summed E-state index contributed by atoms with van der Waals surface area (Å²) >= 11 is 0. The van der Waals surface area contributed by atoms with Gasteiger partial charge in [0.15, 0.2) is 0 Å². The average molecular weight is 294 g/mol. The van der Waals surface area contributed by atoms with Crippen LogP contribution in [0.2, 0.25) is 0 Å². The molecular weight excluding hydrogens is 276 g/mol. The average Bonchev–Trinajstić information content (AvgIpc) is 2.42. The molecule has 0 fully saturated rings. The van der Waals surface area contributed by atoms with E-state index in [2.05, 4.69) is 10.3 Å². The number of aromatic nitrogens is 1. The molecule has 0 aromatic carbocycles. The highest BCUT2D eigenvalue weighted by Crippen LogP contribution is 2.08. The molecule has 21 heavy (non-hydrogen) atoms. The Labute approximate surface area is 121 Å². The molecule has 2 amide bonds. The van der Waals surface area contributed by atoms with Crippen molar-refractivity contribution in [2.45, 2.75) is 18.9 Å². The first-order valence-corrected chi connectivity index (χ1v) is 6.26. The highest BCUT2D eigenvalue weighted by atomic mass is 16.4. The van der Waals surface area contributed by atoms with E-state index in [1.165, 1.54) is 6.20 Å². The molecule has 0 saturated heterocycles. The van der Waals surface area contributed by atoms with Gasteiger partial charge in [-0.05, 0) is 18.6 Å². The number of carboxylic acids is 1. The number of hydrogen-bond donors (Lipinski definition) is 3. The molecule has 1 aromatic heterocycles. The first-order chi connectivity index (χ1) is 9.81. The summed E-state index contributed by atoms with van der Waals surface area (Å²) in [6.45, 7) is 0. The SMILES string of the molecule is CN(C)c1ccc(C(=O)N[C@H](CCC(N)=O)C(=O)O)cn1. The number of amides is 2. The molecule has 0 aliphatic carbocycles. The third-order valence-electron chi connectivity index (χ3n) is 2.75. The molecule has 8 heteroatoms. The standard InChI is InChI=1S/C13H18N4O4/c1-17(2)11-6-3-8(7-15-11)12(19)16-9(13(20)21)4-5-10(14)18/h3,6-7,9H,4-5H2,1-2H3,(H2,14,18)(H,16,19)(H,20,21)/t9-/m1/s1. The Morgan fingerprint density at radius 2 is 2.05 bits per heavy atom. The van der Waals surface area contributed by atoms with E-state index in [0.29, 0.717) is 5.82 Å². The second-order valence-corrected chi connectivity index (χ2v) is 4.67. The van der Waals surface area contributed by atoms with Gasteiger partial charge < -0.3 is 21.1 Å². The lowest BCUT2D eigenvalue weighted by molar-refractivity contribution is -0.139. The number of pyridine rings is 1. The maximum absolute atomic E-state index is 11.9. The number of carbonyl (C=O) groups is 3. The van der Waals surface area contributed by atoms with Crippen molar-refractivity contribution in [3.05, 3.63) is 23.9 Å². The Morgan fingerprint density at radius 3 is 2.48 bits per heavy atom. The van der Waals surface area contributed by atoms with E-state index in [4.69, 9.17) is 10.8 Å². The summed E-state index contributed by atoms with van der Waals surface area (Å²) < 4.78 is 0. The third-order valence-corrected chi connectivity index (χ3v) is 2.75. The number of nitrogens with one attached hydrogen (secondary N) is 1. The van der Waals surface area contributed by atoms with Gasteiger partial charge in [0.1, 0.15) is 11.9 Å². The van der Waals surface area contributed by atoms with Gasteiger partial charge in [-0.3, -0.25) is 9.59 Å². The van der Waals surface area contributed by atoms with Gasteiger partial charge in [0.2, 0.25) is 5.91 Å². The number of rotatable bonds is 7. The van der Waals surface area contributed by atoms with E-state index in [0.717, 1.165) is 0 Å². The zero-order valence-electron chi connectivity index (χ0n) is 11.9. The van der Waals surface area contributed by atoms with Crippen molar-refractivity contribution in [1.29, 1.82) is 0 Å². The van der Waals surface area contributed by atoms with Crippen LogP contribution in [0.5, 0.6) is 0 Å². The number of carbonyl (C=O) groups excluding carboxylic acids is 2. The molecule has 0 aliphatic heterocycles. The van der Waals surface area contributed by atoms with Crippen molar-refractivity contribution in [1.82, 2.24) is 10.3 Å². The van der Waals surface area contributed by atoms with Gasteiger partial charge in [0.05, 0.1) is 5.56 Å². The van der Waals surface area contributed by atoms with Crippen molar-refractivity contribution in [2.24, 2.45) is 5.73 Å². The van der Waals surface area contributed by atoms with E-state index in [1.807, 2.05) is 14.1 Å². The summed E-state index contributed by atoms with van der Waals surface area (Å²) in [5.41, 5.74) is 5.21. The number of anilines is 1. The van der Waals surface area contributed by atoms with E-state index in [9.17, 15) is 14.4 Å². The summed E-state index contributed by atoms with van der Waals surface area (Å²) in [5, 5.41) is 11.3. The third kappa shape index (κ3) is 5.09. The Kier molecular flexibility index (Phi) is 5.65. The highest BCUT2D eigenvalue weighted by molar-refractivity contribution is 5.96. The molecule has 4 N–H and O–H groups in total. The first kappa shape index (κ1) is 16.4. The van der Waals surface area contributed by atoms with E-state index >= 15 is 0 Å². The fourth-order valence-electron chi connectivity index (χ4n) is 1.57. The second-order valence-electron chi connectivity index (χ2n) is 4.67. The zero-order valence-corrected chi connectivity index (χ0v) is 11.9. The van der Waals surface area contributed by atoms with Crippen molar-refractivity contribution in [3.8, 4) is 0 Å². The molecule has 0 spiro atoms. The van der Waals surface area contributed by atoms with Crippen LogP contribution in [0.4, 0.5) is 5.82 Å². The predicted octanol–water partition coefficient (Wildman–Crippen LogP) is -0.404. The van der Waals surface area contributed by atoms with Crippen LogP contribution in [0.1, 0.15) is 23.2 Å². The van der Waals surface area contributed by atoms with Crippen LogP contribution in [-0.4, -0.2) is 48.0 Å². The molecule has 0 unspecified atom stereocenters. The number of primary amides is 1. The quantitative estimate of drug-likeness (QED) is 0.628. The monoisotopic (exact) mass is 294 g/mol. The fourth-order valence-corrected chi connectivity index (χ4v) is 1.57. The van der Waals surface area contributed by atoms with Crippen LogP contribution >= 0.6 is 0 Å². The number of nitrogens with two attached hydrogens (primary N) is 1. The highest BCUT2D eigenvalue weighted by Gasteiger charge is 2.21. The topological polar surface area (TPSA) is 126 Å². The lowest BCUT2D eigenvalue weighted by atomic mass is 10.1. The summed E-state index contributed by atoms with van der Waals surface area (Å²) in [6, 6.07) is 2.03. The smallest absolute Gasteiger partial charge is 0.326 e. The van der Waals surface area contributed by atoms with Crippen molar-refractivity contribution in [2.75, 3.05) is 19.0 Å². The van der Waals surface area contributed by atoms with Gasteiger partial charge in [-0.15, -0.1) is 0 Å². The minimum Gasteiger partial charge on any atom is -0.480 e. The minimum absolute atomic E-state index is 0.0559. The van der Waals surface area contributed by atoms with E-state index in [1.54, 1.807) is 17.0 Å². The molecule has 1 aromatic rings. The largest absolute Gasteiger partial charge is 0.480 e. The predicted molar refractivity (Wildman–Crippen MR) is 75.9 cm³/mol. The molecule has 1 heterocycles. The first-order valence-electron chi connectivity index (χ1n) is 6.26. The number of carboxylic acid groups (broad SMARTS) is 1. The van der Waals surface area contributed by atoms with E-state index < -0.39 is 23.8 Å². The molecule has 0 saturated carbocycles. The lowest BCUT2D eigenvalue weighted by Gasteiger charge is -2.14. The summed E-state index contributed by atoms with van der Waals surface area (Å²) in [4.78, 5) is 39.5. The van der Waals surface area contributed by atoms with Crippen LogP contribution in [0.3, 0.4) is 0 Å².